The lowest BCUT2D eigenvalue weighted by atomic mass is 9.86. The third kappa shape index (κ3) is 5.11. The molecule has 1 saturated carbocycles. The molecule has 0 unspecified atom stereocenters. The molecule has 0 spiro atoms. The van der Waals surface area contributed by atoms with Crippen LogP contribution in [-0.4, -0.2) is 79.7 Å². The molecule has 36 heavy (non-hydrogen) atoms. The summed E-state index contributed by atoms with van der Waals surface area (Å²) in [5.41, 5.74) is 2.64. The minimum absolute atomic E-state index is 0.0300. The Morgan fingerprint density at radius 1 is 1.19 bits per heavy atom. The second kappa shape index (κ2) is 10.7. The smallest absolute Gasteiger partial charge is 0.225 e. The number of aliphatic imine (C=N–C) groups is 1. The van der Waals surface area contributed by atoms with Crippen LogP contribution in [0.2, 0.25) is 0 Å². The minimum Gasteiger partial charge on any atom is -0.490 e. The first-order valence-corrected chi connectivity index (χ1v) is 12.7. The summed E-state index contributed by atoms with van der Waals surface area (Å²) >= 11 is 0. The van der Waals surface area contributed by atoms with Gasteiger partial charge in [0.25, 0.3) is 0 Å². The van der Waals surface area contributed by atoms with Crippen LogP contribution in [0.3, 0.4) is 0 Å². The Kier molecular flexibility index (Phi) is 7.27. The Balaban J connectivity index is 1.29. The molecule has 1 aromatic carbocycles. The normalized spacial score (nSPS) is 23.9. The van der Waals surface area contributed by atoms with Crippen molar-refractivity contribution in [1.29, 1.82) is 0 Å². The summed E-state index contributed by atoms with van der Waals surface area (Å²) in [5, 5.41) is 9.74. The first-order chi connectivity index (χ1) is 17.6. The highest BCUT2D eigenvalue weighted by Gasteiger charge is 2.34. The second-order valence-electron chi connectivity index (χ2n) is 9.63. The van der Waals surface area contributed by atoms with E-state index in [0.29, 0.717) is 45.0 Å². The van der Waals surface area contributed by atoms with Crippen molar-refractivity contribution >= 4 is 23.5 Å². The number of nitrogens with zero attached hydrogens (tertiary/aromatic N) is 4. The Hall–Kier alpha value is -3.33. The molecule has 2 aliphatic heterocycles. The van der Waals surface area contributed by atoms with Crippen LogP contribution in [0.15, 0.2) is 35.5 Å². The molecule has 0 radical (unpaired) electrons. The molecule has 9 heteroatoms. The van der Waals surface area contributed by atoms with E-state index in [1.807, 2.05) is 29.2 Å². The topological polar surface area (TPSA) is 96.7 Å². The SMILES string of the molecule is C/N=C/c1cc(N2CCOc3ccc(O[C@H]4CCN(C(=O)[C@H]5CC[C@H](O)CC5)C4)cc32)cnc1OC. The summed E-state index contributed by atoms with van der Waals surface area (Å²) in [4.78, 5) is 25.6. The number of aliphatic hydroxyl groups is 1. The number of amides is 1. The number of hydrogen-bond donors (Lipinski definition) is 1. The summed E-state index contributed by atoms with van der Waals surface area (Å²) in [7, 11) is 3.32. The van der Waals surface area contributed by atoms with Gasteiger partial charge in [0.2, 0.25) is 11.8 Å². The van der Waals surface area contributed by atoms with Gasteiger partial charge in [-0.15, -0.1) is 0 Å². The molecule has 0 bridgehead atoms. The molecule has 1 aliphatic carbocycles. The monoisotopic (exact) mass is 494 g/mol. The lowest BCUT2D eigenvalue weighted by Crippen LogP contribution is -2.37. The number of aliphatic hydroxyl groups excluding tert-OH is 1. The highest BCUT2D eigenvalue weighted by Crippen LogP contribution is 2.40. The van der Waals surface area contributed by atoms with Gasteiger partial charge in [0.05, 0.1) is 49.4 Å². The fourth-order valence-corrected chi connectivity index (χ4v) is 5.34. The second-order valence-corrected chi connectivity index (χ2v) is 9.63. The van der Waals surface area contributed by atoms with Gasteiger partial charge < -0.3 is 29.1 Å². The van der Waals surface area contributed by atoms with Crippen molar-refractivity contribution < 1.29 is 24.1 Å². The lowest BCUT2D eigenvalue weighted by Gasteiger charge is -2.32. The van der Waals surface area contributed by atoms with E-state index >= 15 is 0 Å². The van der Waals surface area contributed by atoms with Gasteiger partial charge in [-0.3, -0.25) is 9.79 Å². The predicted molar refractivity (Wildman–Crippen MR) is 137 cm³/mol. The third-order valence-corrected chi connectivity index (χ3v) is 7.24. The third-order valence-electron chi connectivity index (χ3n) is 7.24. The molecular weight excluding hydrogens is 460 g/mol. The zero-order valence-electron chi connectivity index (χ0n) is 20.9. The van der Waals surface area contributed by atoms with Crippen LogP contribution < -0.4 is 19.1 Å². The number of carbonyl (C=O) groups is 1. The fraction of sp³-hybridized carbons (Fsp3) is 0.519. The van der Waals surface area contributed by atoms with Gasteiger partial charge in [0, 0.05) is 38.2 Å². The fourth-order valence-electron chi connectivity index (χ4n) is 5.34. The van der Waals surface area contributed by atoms with E-state index in [1.54, 1.807) is 26.6 Å². The number of ether oxygens (including phenoxy) is 3. The quantitative estimate of drug-likeness (QED) is 0.616. The highest BCUT2D eigenvalue weighted by atomic mass is 16.5. The van der Waals surface area contributed by atoms with Gasteiger partial charge in [-0.2, -0.15) is 0 Å². The number of aromatic nitrogens is 1. The molecule has 5 rings (SSSR count). The van der Waals surface area contributed by atoms with Gasteiger partial charge in [0.15, 0.2) is 0 Å². The van der Waals surface area contributed by atoms with E-state index < -0.39 is 0 Å². The van der Waals surface area contributed by atoms with Crippen LogP contribution in [0, 0.1) is 5.92 Å². The molecule has 2 aromatic rings. The number of rotatable bonds is 6. The van der Waals surface area contributed by atoms with E-state index in [4.69, 9.17) is 14.2 Å². The molecular formula is C27H34N4O5. The number of fused-ring (bicyclic) bond motifs is 1. The van der Waals surface area contributed by atoms with E-state index in [2.05, 4.69) is 14.9 Å². The zero-order valence-corrected chi connectivity index (χ0v) is 20.9. The summed E-state index contributed by atoms with van der Waals surface area (Å²) in [6.07, 6.45) is 7.01. The standard InChI is InChI=1S/C27H34N4O5/c1-28-15-19-13-20(16-29-26(19)34-2)31-11-12-35-25-8-7-22(14-24(25)31)36-23-9-10-30(17-23)27(33)18-3-5-21(32)6-4-18/h7-8,13-16,18,21,23,32H,3-6,9-12,17H2,1-2H3/b28-15+/t18-,21-,23-/m0/s1. The van der Waals surface area contributed by atoms with Gasteiger partial charge in [-0.25, -0.2) is 4.98 Å². The van der Waals surface area contributed by atoms with E-state index in [0.717, 1.165) is 47.7 Å². The summed E-state index contributed by atoms with van der Waals surface area (Å²) in [6, 6.07) is 7.87. The van der Waals surface area contributed by atoms with Crippen LogP contribution in [-0.2, 0) is 4.79 Å². The Morgan fingerprint density at radius 3 is 2.81 bits per heavy atom. The molecule has 192 valence electrons. The molecule has 1 aromatic heterocycles. The summed E-state index contributed by atoms with van der Waals surface area (Å²) in [6.45, 7) is 2.54. The molecule has 1 amide bonds. The minimum atomic E-state index is -0.253. The summed E-state index contributed by atoms with van der Waals surface area (Å²) in [5.74, 6) is 2.30. The molecule has 3 heterocycles. The van der Waals surface area contributed by atoms with Gasteiger partial charge in [-0.1, -0.05) is 0 Å². The first kappa shape index (κ1) is 24.4. The molecule has 1 atom stereocenters. The van der Waals surface area contributed by atoms with Crippen LogP contribution in [0.4, 0.5) is 11.4 Å². The Morgan fingerprint density at radius 2 is 2.03 bits per heavy atom. The average Bonchev–Trinajstić information content (AvgIpc) is 3.37. The van der Waals surface area contributed by atoms with Crippen molar-refractivity contribution in [3.05, 3.63) is 36.0 Å². The predicted octanol–water partition coefficient (Wildman–Crippen LogP) is 3.20. The molecule has 9 nitrogen and oxygen atoms in total. The summed E-state index contributed by atoms with van der Waals surface area (Å²) < 4.78 is 17.6. The van der Waals surface area contributed by atoms with Crippen LogP contribution >= 0.6 is 0 Å². The van der Waals surface area contributed by atoms with E-state index in [-0.39, 0.29) is 24.0 Å². The van der Waals surface area contributed by atoms with Crippen molar-refractivity contribution in [3.8, 4) is 17.4 Å². The van der Waals surface area contributed by atoms with Crippen molar-refractivity contribution in [3.63, 3.8) is 0 Å². The number of hydrogen-bond acceptors (Lipinski definition) is 8. The van der Waals surface area contributed by atoms with Crippen molar-refractivity contribution in [2.24, 2.45) is 10.9 Å². The number of benzene rings is 1. The van der Waals surface area contributed by atoms with E-state index in [1.165, 1.54) is 0 Å². The maximum atomic E-state index is 13.0. The Labute approximate surface area is 211 Å². The van der Waals surface area contributed by atoms with Crippen LogP contribution in [0.5, 0.6) is 17.4 Å². The number of pyridine rings is 1. The van der Waals surface area contributed by atoms with Gasteiger partial charge in [0.1, 0.15) is 24.2 Å². The molecule has 3 aliphatic rings. The maximum Gasteiger partial charge on any atom is 0.225 e. The number of likely N-dealkylation sites (tertiary alicyclic amines) is 1. The number of carbonyl (C=O) groups excluding carboxylic acids is 1. The van der Waals surface area contributed by atoms with Crippen molar-refractivity contribution in [1.82, 2.24) is 9.88 Å². The first-order valence-electron chi connectivity index (χ1n) is 12.7. The van der Waals surface area contributed by atoms with E-state index in [9.17, 15) is 9.90 Å². The molecule has 1 saturated heterocycles. The highest BCUT2D eigenvalue weighted by molar-refractivity contribution is 5.85. The molecule has 1 N–H and O–H groups in total. The Bertz CT molecular complexity index is 1120. The number of anilines is 2. The lowest BCUT2D eigenvalue weighted by molar-refractivity contribution is -0.136. The van der Waals surface area contributed by atoms with Crippen molar-refractivity contribution in [2.75, 3.05) is 45.3 Å². The number of methoxy groups -OCH3 is 1. The van der Waals surface area contributed by atoms with Crippen LogP contribution in [0.1, 0.15) is 37.7 Å². The van der Waals surface area contributed by atoms with Gasteiger partial charge >= 0.3 is 0 Å². The molecule has 2 fully saturated rings. The average molecular weight is 495 g/mol. The van der Waals surface area contributed by atoms with Crippen LogP contribution in [0.25, 0.3) is 0 Å². The largest absolute Gasteiger partial charge is 0.490 e. The zero-order chi connectivity index (χ0) is 25.1. The maximum absolute atomic E-state index is 13.0. The van der Waals surface area contributed by atoms with Gasteiger partial charge in [-0.05, 0) is 43.9 Å². The van der Waals surface area contributed by atoms with Crippen molar-refractivity contribution in [2.45, 2.75) is 44.3 Å².